The van der Waals surface area contributed by atoms with Crippen LogP contribution in [0.1, 0.15) is 47.4 Å². The number of hydrogen-bond donors (Lipinski definition) is 1. The third-order valence-electron chi connectivity index (χ3n) is 4.67. The van der Waals surface area contributed by atoms with Gasteiger partial charge >= 0.3 is 0 Å². The van der Waals surface area contributed by atoms with Crippen molar-refractivity contribution < 1.29 is 22.4 Å². The molecule has 29 heavy (non-hydrogen) atoms. The highest BCUT2D eigenvalue weighted by molar-refractivity contribution is 7.90. The molecule has 0 radical (unpaired) electrons. The van der Waals surface area contributed by atoms with Crippen LogP contribution < -0.4 is 5.32 Å². The van der Waals surface area contributed by atoms with E-state index in [2.05, 4.69) is 10.3 Å². The molecular weight excluding hydrogens is 394 g/mol. The Morgan fingerprint density at radius 3 is 2.66 bits per heavy atom. The van der Waals surface area contributed by atoms with Crippen molar-refractivity contribution in [2.75, 3.05) is 5.32 Å². The Hall–Kier alpha value is -3.20. The summed E-state index contributed by atoms with van der Waals surface area (Å²) in [7, 11) is -3.97. The number of fused-ring (bicyclic) bond motifs is 2. The van der Waals surface area contributed by atoms with E-state index in [9.17, 15) is 18.0 Å². The molecule has 0 aliphatic carbocycles. The number of hydrogen-bond acceptors (Lipinski definition) is 6. The molecule has 0 unspecified atom stereocenters. The van der Waals surface area contributed by atoms with E-state index in [-0.39, 0.29) is 16.0 Å². The van der Waals surface area contributed by atoms with Crippen molar-refractivity contribution in [2.45, 2.75) is 38.1 Å². The highest BCUT2D eigenvalue weighted by Crippen LogP contribution is 2.32. The molecule has 2 heterocycles. The molecule has 1 N–H and O–H groups in total. The number of benzene rings is 2. The van der Waals surface area contributed by atoms with Gasteiger partial charge in [-0.1, -0.05) is 6.92 Å². The molecular formula is C20H19N3O5S. The van der Waals surface area contributed by atoms with Gasteiger partial charge in [-0.15, -0.1) is 0 Å². The first-order valence-electron chi connectivity index (χ1n) is 9.16. The SMILES string of the molecule is CCc1nc2cc(NC(=O)c3ccc4c(c3)S(=O)(=O)N(C(C)C)C4=O)ccc2o1. The molecule has 0 fully saturated rings. The first kappa shape index (κ1) is 19.1. The van der Waals surface area contributed by atoms with Gasteiger partial charge in [0.1, 0.15) is 10.4 Å². The van der Waals surface area contributed by atoms with Crippen LogP contribution in [0.25, 0.3) is 11.1 Å². The lowest BCUT2D eigenvalue weighted by Crippen LogP contribution is -2.36. The maximum absolute atomic E-state index is 12.7. The Bertz CT molecular complexity index is 1260. The summed E-state index contributed by atoms with van der Waals surface area (Å²) in [5.74, 6) is -0.464. The Morgan fingerprint density at radius 2 is 1.97 bits per heavy atom. The van der Waals surface area contributed by atoms with E-state index in [1.54, 1.807) is 32.0 Å². The maximum Gasteiger partial charge on any atom is 0.269 e. The summed E-state index contributed by atoms with van der Waals surface area (Å²) < 4.78 is 31.8. The van der Waals surface area contributed by atoms with Crippen LogP contribution in [0, 0.1) is 0 Å². The number of amides is 2. The van der Waals surface area contributed by atoms with Crippen LogP contribution in [-0.2, 0) is 16.4 Å². The van der Waals surface area contributed by atoms with Gasteiger partial charge in [0.2, 0.25) is 0 Å². The van der Waals surface area contributed by atoms with E-state index in [4.69, 9.17) is 4.42 Å². The molecule has 3 aromatic rings. The number of anilines is 1. The Morgan fingerprint density at radius 1 is 1.21 bits per heavy atom. The summed E-state index contributed by atoms with van der Waals surface area (Å²) in [5.41, 5.74) is 1.96. The third-order valence-corrected chi connectivity index (χ3v) is 6.67. The maximum atomic E-state index is 12.7. The van der Waals surface area contributed by atoms with Crippen molar-refractivity contribution in [3.05, 3.63) is 53.4 Å². The van der Waals surface area contributed by atoms with Crippen LogP contribution >= 0.6 is 0 Å². The Balaban J connectivity index is 1.64. The van der Waals surface area contributed by atoms with E-state index >= 15 is 0 Å². The van der Waals surface area contributed by atoms with Crippen LogP contribution in [0.2, 0.25) is 0 Å². The van der Waals surface area contributed by atoms with Gasteiger partial charge in [-0.3, -0.25) is 9.59 Å². The fourth-order valence-corrected chi connectivity index (χ4v) is 5.10. The number of sulfonamides is 1. The van der Waals surface area contributed by atoms with Crippen molar-refractivity contribution in [1.29, 1.82) is 0 Å². The summed E-state index contributed by atoms with van der Waals surface area (Å²) in [5, 5.41) is 2.73. The molecule has 4 rings (SSSR count). The monoisotopic (exact) mass is 413 g/mol. The molecule has 0 atom stereocenters. The van der Waals surface area contributed by atoms with Crippen molar-refractivity contribution in [2.24, 2.45) is 0 Å². The van der Waals surface area contributed by atoms with Gasteiger partial charge in [0.25, 0.3) is 21.8 Å². The number of rotatable bonds is 4. The lowest BCUT2D eigenvalue weighted by molar-refractivity contribution is 0.0846. The van der Waals surface area contributed by atoms with Crippen LogP contribution in [0.15, 0.2) is 45.7 Å². The van der Waals surface area contributed by atoms with Crippen molar-refractivity contribution in [3.63, 3.8) is 0 Å². The Kier molecular flexibility index (Phi) is 4.42. The predicted octanol–water partition coefficient (Wildman–Crippen LogP) is 3.20. The molecule has 0 bridgehead atoms. The second-order valence-corrected chi connectivity index (χ2v) is 8.79. The van der Waals surface area contributed by atoms with Gasteiger partial charge in [0.05, 0.1) is 5.56 Å². The molecule has 9 heteroatoms. The number of oxazole rings is 1. The van der Waals surface area contributed by atoms with Crippen LogP contribution in [0.5, 0.6) is 0 Å². The molecule has 2 aromatic carbocycles. The van der Waals surface area contributed by atoms with Crippen molar-refractivity contribution >= 4 is 38.6 Å². The minimum Gasteiger partial charge on any atom is -0.441 e. The molecule has 0 saturated carbocycles. The largest absolute Gasteiger partial charge is 0.441 e. The number of aryl methyl sites for hydroxylation is 1. The molecule has 0 saturated heterocycles. The zero-order valence-corrected chi connectivity index (χ0v) is 16.9. The van der Waals surface area contributed by atoms with Crippen LogP contribution in [0.3, 0.4) is 0 Å². The van der Waals surface area contributed by atoms with Gasteiger partial charge in [0.15, 0.2) is 11.5 Å². The lowest BCUT2D eigenvalue weighted by atomic mass is 10.1. The van der Waals surface area contributed by atoms with Crippen molar-refractivity contribution in [3.8, 4) is 0 Å². The topological polar surface area (TPSA) is 110 Å². The summed E-state index contributed by atoms with van der Waals surface area (Å²) in [4.78, 5) is 29.3. The molecule has 8 nitrogen and oxygen atoms in total. The number of carbonyl (C=O) groups is 2. The number of nitrogens with one attached hydrogen (secondary N) is 1. The fourth-order valence-electron chi connectivity index (χ4n) is 3.31. The number of nitrogens with zero attached hydrogens (tertiary/aromatic N) is 2. The van der Waals surface area contributed by atoms with Gasteiger partial charge in [-0.05, 0) is 50.2 Å². The molecule has 2 amide bonds. The molecule has 1 aromatic heterocycles. The summed E-state index contributed by atoms with van der Waals surface area (Å²) in [6.07, 6.45) is 0.659. The molecule has 1 aliphatic rings. The zero-order chi connectivity index (χ0) is 20.9. The summed E-state index contributed by atoms with van der Waals surface area (Å²) in [6.45, 7) is 5.18. The Labute approximate surface area is 167 Å². The lowest BCUT2D eigenvalue weighted by Gasteiger charge is -2.18. The van der Waals surface area contributed by atoms with E-state index in [1.807, 2.05) is 6.92 Å². The third kappa shape index (κ3) is 3.07. The fraction of sp³-hybridized carbons (Fsp3) is 0.250. The predicted molar refractivity (Wildman–Crippen MR) is 106 cm³/mol. The quantitative estimate of drug-likeness (QED) is 0.703. The van der Waals surface area contributed by atoms with E-state index < -0.39 is 27.9 Å². The second kappa shape index (κ2) is 6.70. The normalized spacial score (nSPS) is 15.2. The van der Waals surface area contributed by atoms with Crippen LogP contribution in [0.4, 0.5) is 5.69 Å². The van der Waals surface area contributed by atoms with Gasteiger partial charge < -0.3 is 9.73 Å². The standard InChI is InChI=1S/C20H19N3O5S/c1-4-18-22-15-10-13(6-8-16(15)28-18)21-19(24)12-5-7-14-17(9-12)29(26,27)23(11(2)3)20(14)25/h5-11H,4H2,1-3H3,(H,21,24). The molecule has 150 valence electrons. The zero-order valence-electron chi connectivity index (χ0n) is 16.1. The molecule has 1 aliphatic heterocycles. The minimum atomic E-state index is -3.97. The van der Waals surface area contributed by atoms with E-state index in [0.29, 0.717) is 29.1 Å². The second-order valence-electron chi connectivity index (χ2n) is 7.01. The number of aromatic nitrogens is 1. The summed E-state index contributed by atoms with van der Waals surface area (Å²) >= 11 is 0. The first-order chi connectivity index (χ1) is 13.7. The van der Waals surface area contributed by atoms with E-state index in [1.165, 1.54) is 18.2 Å². The van der Waals surface area contributed by atoms with Gasteiger partial charge in [-0.25, -0.2) is 17.7 Å². The summed E-state index contributed by atoms with van der Waals surface area (Å²) in [6, 6.07) is 8.62. The van der Waals surface area contributed by atoms with Gasteiger partial charge in [0, 0.05) is 23.7 Å². The van der Waals surface area contributed by atoms with Gasteiger partial charge in [-0.2, -0.15) is 0 Å². The smallest absolute Gasteiger partial charge is 0.269 e. The minimum absolute atomic E-state index is 0.0753. The number of carbonyl (C=O) groups excluding carboxylic acids is 2. The highest BCUT2D eigenvalue weighted by Gasteiger charge is 2.42. The van der Waals surface area contributed by atoms with Crippen LogP contribution in [-0.4, -0.2) is 35.6 Å². The first-order valence-corrected chi connectivity index (χ1v) is 10.6. The molecule has 0 spiro atoms. The van der Waals surface area contributed by atoms with E-state index in [0.717, 1.165) is 4.31 Å². The average Bonchev–Trinajstić information content (AvgIpc) is 3.17. The highest BCUT2D eigenvalue weighted by atomic mass is 32.2. The average molecular weight is 413 g/mol. The van der Waals surface area contributed by atoms with Crippen molar-refractivity contribution in [1.82, 2.24) is 9.29 Å².